The molecule has 0 radical (unpaired) electrons. The number of carbonyl (C=O) groups is 2. The monoisotopic (exact) mass is 489 g/mol. The van der Waals surface area contributed by atoms with Crippen LogP contribution in [0.1, 0.15) is 27.7 Å². The standard InChI is InChI=1S/C22H20ClN3O4S2/c1-14(27)24-19-7-6-17(12-18(19)23)25-22(28)21-20(9-11-31-21)32(29,30)26-10-8-15-4-2-3-5-16(15)13-26/h2-7,9,11-12H,8,10,13H2,1H3,(H,24,27)(H,25,28). The molecular weight excluding hydrogens is 470 g/mol. The van der Waals surface area contributed by atoms with E-state index < -0.39 is 15.9 Å². The lowest BCUT2D eigenvalue weighted by Gasteiger charge is -2.28. The largest absolute Gasteiger partial charge is 0.325 e. The van der Waals surface area contributed by atoms with Gasteiger partial charge in [-0.1, -0.05) is 35.9 Å². The summed E-state index contributed by atoms with van der Waals surface area (Å²) in [6, 6.07) is 13.9. The number of fused-ring (bicyclic) bond motifs is 1. The molecule has 1 aliphatic heterocycles. The number of benzene rings is 2. The summed E-state index contributed by atoms with van der Waals surface area (Å²) >= 11 is 7.22. The smallest absolute Gasteiger partial charge is 0.267 e. The van der Waals surface area contributed by atoms with E-state index in [-0.39, 0.29) is 27.2 Å². The summed E-state index contributed by atoms with van der Waals surface area (Å²) in [7, 11) is -3.85. The first kappa shape index (κ1) is 22.5. The van der Waals surface area contributed by atoms with Gasteiger partial charge in [0.15, 0.2) is 0 Å². The molecule has 2 N–H and O–H groups in total. The summed E-state index contributed by atoms with van der Waals surface area (Å²) in [6.45, 7) is 2.00. The first-order chi connectivity index (χ1) is 15.3. The van der Waals surface area contributed by atoms with Crippen LogP contribution in [0.15, 0.2) is 58.8 Å². The minimum atomic E-state index is -3.85. The van der Waals surface area contributed by atoms with Gasteiger partial charge in [-0.05, 0) is 47.2 Å². The molecule has 0 unspecified atom stereocenters. The van der Waals surface area contributed by atoms with E-state index >= 15 is 0 Å². The van der Waals surface area contributed by atoms with E-state index in [0.717, 1.165) is 22.5 Å². The van der Waals surface area contributed by atoms with Crippen molar-refractivity contribution in [2.75, 3.05) is 17.2 Å². The van der Waals surface area contributed by atoms with Gasteiger partial charge in [0.25, 0.3) is 5.91 Å². The number of nitrogens with one attached hydrogen (secondary N) is 2. The zero-order chi connectivity index (χ0) is 22.9. The van der Waals surface area contributed by atoms with E-state index in [9.17, 15) is 18.0 Å². The van der Waals surface area contributed by atoms with E-state index in [1.54, 1.807) is 17.5 Å². The highest BCUT2D eigenvalue weighted by Crippen LogP contribution is 2.31. The molecule has 32 heavy (non-hydrogen) atoms. The van der Waals surface area contributed by atoms with Crippen molar-refractivity contribution in [3.63, 3.8) is 0 Å². The molecule has 0 aliphatic carbocycles. The highest BCUT2D eigenvalue weighted by Gasteiger charge is 2.32. The van der Waals surface area contributed by atoms with Crippen molar-refractivity contribution in [1.29, 1.82) is 0 Å². The molecule has 2 amide bonds. The normalized spacial score (nSPS) is 13.9. The van der Waals surface area contributed by atoms with Gasteiger partial charge in [0.1, 0.15) is 9.77 Å². The van der Waals surface area contributed by atoms with Crippen LogP contribution in [0.5, 0.6) is 0 Å². The van der Waals surface area contributed by atoms with Crippen LogP contribution in [0.3, 0.4) is 0 Å². The van der Waals surface area contributed by atoms with Crippen LogP contribution in [0.4, 0.5) is 11.4 Å². The molecule has 0 fully saturated rings. The zero-order valence-corrected chi connectivity index (χ0v) is 19.5. The molecule has 2 heterocycles. The molecule has 10 heteroatoms. The van der Waals surface area contributed by atoms with Gasteiger partial charge in [0.2, 0.25) is 15.9 Å². The number of thiophene rings is 1. The Morgan fingerprint density at radius 3 is 2.53 bits per heavy atom. The van der Waals surface area contributed by atoms with E-state index in [4.69, 9.17) is 11.6 Å². The van der Waals surface area contributed by atoms with Crippen LogP contribution in [0, 0.1) is 0 Å². The molecule has 166 valence electrons. The zero-order valence-electron chi connectivity index (χ0n) is 17.1. The molecule has 0 atom stereocenters. The summed E-state index contributed by atoms with van der Waals surface area (Å²) in [5.74, 6) is -0.809. The number of halogens is 1. The maximum atomic E-state index is 13.3. The highest BCUT2D eigenvalue weighted by atomic mass is 35.5. The number of anilines is 2. The van der Waals surface area contributed by atoms with Crippen LogP contribution in [-0.2, 0) is 27.8 Å². The van der Waals surface area contributed by atoms with Crippen LogP contribution in [0.25, 0.3) is 0 Å². The number of amides is 2. The number of rotatable bonds is 5. The second-order valence-electron chi connectivity index (χ2n) is 7.30. The van der Waals surface area contributed by atoms with Crippen molar-refractivity contribution in [3.05, 3.63) is 74.9 Å². The van der Waals surface area contributed by atoms with Crippen molar-refractivity contribution >= 4 is 56.2 Å². The minimum absolute atomic E-state index is 0.0136. The second-order valence-corrected chi connectivity index (χ2v) is 10.5. The topological polar surface area (TPSA) is 95.6 Å². The maximum absolute atomic E-state index is 13.3. The minimum Gasteiger partial charge on any atom is -0.325 e. The average molecular weight is 490 g/mol. The fourth-order valence-electron chi connectivity index (χ4n) is 3.55. The summed E-state index contributed by atoms with van der Waals surface area (Å²) < 4.78 is 28.1. The van der Waals surface area contributed by atoms with Gasteiger partial charge in [0, 0.05) is 25.7 Å². The molecule has 0 saturated carbocycles. The molecular formula is C22H20ClN3O4S2. The van der Waals surface area contributed by atoms with Crippen molar-refractivity contribution in [1.82, 2.24) is 4.31 Å². The Balaban J connectivity index is 1.55. The molecule has 3 aromatic rings. The maximum Gasteiger partial charge on any atom is 0.267 e. The molecule has 1 aromatic heterocycles. The van der Waals surface area contributed by atoms with E-state index in [0.29, 0.717) is 24.3 Å². The highest BCUT2D eigenvalue weighted by molar-refractivity contribution is 7.89. The van der Waals surface area contributed by atoms with Crippen molar-refractivity contribution in [2.24, 2.45) is 0 Å². The Bertz CT molecular complexity index is 1300. The molecule has 0 spiro atoms. The van der Waals surface area contributed by atoms with Gasteiger partial charge in [0.05, 0.1) is 10.7 Å². The fourth-order valence-corrected chi connectivity index (χ4v) is 6.49. The molecule has 4 rings (SSSR count). The summed E-state index contributed by atoms with van der Waals surface area (Å²) in [5.41, 5.74) is 2.92. The third-order valence-electron chi connectivity index (χ3n) is 5.09. The lowest BCUT2D eigenvalue weighted by Crippen LogP contribution is -2.36. The van der Waals surface area contributed by atoms with Crippen molar-refractivity contribution in [2.45, 2.75) is 24.8 Å². The predicted octanol–water partition coefficient (Wildman–Crippen LogP) is 4.36. The third-order valence-corrected chi connectivity index (χ3v) is 8.33. The molecule has 2 aromatic carbocycles. The van der Waals surface area contributed by atoms with Crippen LogP contribution in [0.2, 0.25) is 5.02 Å². The number of hydrogen-bond donors (Lipinski definition) is 2. The molecule has 1 aliphatic rings. The Morgan fingerprint density at radius 1 is 1.06 bits per heavy atom. The molecule has 0 saturated heterocycles. The van der Waals surface area contributed by atoms with Crippen molar-refractivity contribution in [3.8, 4) is 0 Å². The first-order valence-electron chi connectivity index (χ1n) is 9.78. The number of hydrogen-bond acceptors (Lipinski definition) is 5. The number of sulfonamides is 1. The molecule has 0 bridgehead atoms. The summed E-state index contributed by atoms with van der Waals surface area (Å²) in [5, 5.41) is 7.12. The Morgan fingerprint density at radius 2 is 1.81 bits per heavy atom. The number of carbonyl (C=O) groups excluding carboxylic acids is 2. The predicted molar refractivity (Wildman–Crippen MR) is 126 cm³/mol. The lowest BCUT2D eigenvalue weighted by atomic mass is 10.0. The Kier molecular flexibility index (Phi) is 6.34. The quantitative estimate of drug-likeness (QED) is 0.556. The van der Waals surface area contributed by atoms with E-state index in [2.05, 4.69) is 10.6 Å². The van der Waals surface area contributed by atoms with Gasteiger partial charge in [-0.15, -0.1) is 11.3 Å². The van der Waals surface area contributed by atoms with Crippen molar-refractivity contribution < 1.29 is 18.0 Å². The Labute approximate surface area is 195 Å². The lowest BCUT2D eigenvalue weighted by molar-refractivity contribution is -0.114. The van der Waals surface area contributed by atoms with Gasteiger partial charge < -0.3 is 10.6 Å². The molecule has 7 nitrogen and oxygen atoms in total. The van der Waals surface area contributed by atoms with Gasteiger partial charge in [-0.3, -0.25) is 9.59 Å². The van der Waals surface area contributed by atoms with Crippen LogP contribution < -0.4 is 10.6 Å². The van der Waals surface area contributed by atoms with Gasteiger partial charge >= 0.3 is 0 Å². The Hall–Kier alpha value is -2.72. The van der Waals surface area contributed by atoms with Crippen LogP contribution >= 0.6 is 22.9 Å². The van der Waals surface area contributed by atoms with E-state index in [1.807, 2.05) is 24.3 Å². The second kappa shape index (κ2) is 9.03. The summed E-state index contributed by atoms with van der Waals surface area (Å²) in [4.78, 5) is 24.2. The van der Waals surface area contributed by atoms with Crippen LogP contribution in [-0.4, -0.2) is 31.1 Å². The SMILES string of the molecule is CC(=O)Nc1ccc(NC(=O)c2sccc2S(=O)(=O)N2CCc3ccccc3C2)cc1Cl. The summed E-state index contributed by atoms with van der Waals surface area (Å²) in [6.07, 6.45) is 0.625. The average Bonchev–Trinajstić information content (AvgIpc) is 3.26. The third kappa shape index (κ3) is 4.56. The fraction of sp³-hybridized carbons (Fsp3) is 0.182. The number of nitrogens with zero attached hydrogens (tertiary/aromatic N) is 1. The van der Waals surface area contributed by atoms with E-state index in [1.165, 1.54) is 23.4 Å². The first-order valence-corrected chi connectivity index (χ1v) is 12.5. The van der Waals surface area contributed by atoms with Gasteiger partial charge in [-0.2, -0.15) is 4.31 Å². The van der Waals surface area contributed by atoms with Gasteiger partial charge in [-0.25, -0.2) is 8.42 Å².